The average molecular weight is 478 g/mol. The predicted molar refractivity (Wildman–Crippen MR) is 135 cm³/mol. The van der Waals surface area contributed by atoms with Gasteiger partial charge in [0.05, 0.1) is 17.6 Å². The van der Waals surface area contributed by atoms with Crippen LogP contribution in [0.1, 0.15) is 44.6 Å². The Morgan fingerprint density at radius 3 is 2.89 bits per heavy atom. The van der Waals surface area contributed by atoms with Crippen LogP contribution in [-0.4, -0.2) is 69.6 Å². The first-order valence-electron chi connectivity index (χ1n) is 13.0. The molecule has 1 saturated carbocycles. The molecule has 4 heterocycles. The molecule has 2 saturated heterocycles. The third kappa shape index (κ3) is 4.75. The molecule has 2 aromatic heterocycles. The minimum Gasteiger partial charge on any atom is -0.491 e. The van der Waals surface area contributed by atoms with E-state index in [2.05, 4.69) is 37.8 Å². The molecular formula is C27H35N5O3. The van der Waals surface area contributed by atoms with Crippen molar-refractivity contribution in [2.75, 3.05) is 38.6 Å². The van der Waals surface area contributed by atoms with Gasteiger partial charge in [0.1, 0.15) is 30.1 Å². The number of hydrogen-bond acceptors (Lipinski definition) is 7. The lowest BCUT2D eigenvalue weighted by Crippen LogP contribution is -2.36. The second-order valence-corrected chi connectivity index (χ2v) is 10.4. The standard InChI is InChI=1S/C27H35N5O3/c28-26-25-24(19-4-3-6-22(12-19)35-16-23-5-1-2-9-34-23)15-32(27(25)30-17-29-26)20-10-18(11-20)13-31-8-7-21(33)14-31/h3-4,6,12,15,17-18,20-21,23,33H,1-2,5,7-11,13-14,16H2,(H2,28,29,30)/t18?,20?,21-,23?/m1/s1. The number of nitrogens with zero attached hydrogens (tertiary/aromatic N) is 4. The highest BCUT2D eigenvalue weighted by molar-refractivity contribution is 6.00. The number of aliphatic hydroxyl groups excluding tert-OH is 1. The smallest absolute Gasteiger partial charge is 0.146 e. The molecule has 186 valence electrons. The maximum atomic E-state index is 9.82. The number of ether oxygens (including phenoxy) is 2. The number of rotatable bonds is 7. The minimum atomic E-state index is -0.156. The van der Waals surface area contributed by atoms with E-state index in [4.69, 9.17) is 15.2 Å². The third-order valence-corrected chi connectivity index (χ3v) is 7.86. The van der Waals surface area contributed by atoms with Crippen LogP contribution in [0.25, 0.3) is 22.2 Å². The van der Waals surface area contributed by atoms with Crippen LogP contribution in [0.4, 0.5) is 5.82 Å². The van der Waals surface area contributed by atoms with Crippen LogP contribution in [0.2, 0.25) is 0 Å². The van der Waals surface area contributed by atoms with E-state index >= 15 is 0 Å². The Labute approximate surface area is 206 Å². The molecule has 6 rings (SSSR count). The fourth-order valence-corrected chi connectivity index (χ4v) is 5.91. The average Bonchev–Trinajstić information content (AvgIpc) is 3.45. The normalized spacial score (nSPS) is 27.2. The van der Waals surface area contributed by atoms with Crippen molar-refractivity contribution >= 4 is 16.9 Å². The van der Waals surface area contributed by atoms with E-state index in [0.717, 1.165) is 86.3 Å². The molecule has 8 nitrogen and oxygen atoms in total. The summed E-state index contributed by atoms with van der Waals surface area (Å²) in [5, 5.41) is 10.7. The van der Waals surface area contributed by atoms with Crippen LogP contribution in [0.15, 0.2) is 36.8 Å². The van der Waals surface area contributed by atoms with Gasteiger partial charge in [0.15, 0.2) is 0 Å². The van der Waals surface area contributed by atoms with Crippen LogP contribution in [-0.2, 0) is 4.74 Å². The monoisotopic (exact) mass is 477 g/mol. The van der Waals surface area contributed by atoms with E-state index in [-0.39, 0.29) is 12.2 Å². The lowest BCUT2D eigenvalue weighted by atomic mass is 9.79. The van der Waals surface area contributed by atoms with Gasteiger partial charge in [0.25, 0.3) is 0 Å². The molecule has 0 spiro atoms. The lowest BCUT2D eigenvalue weighted by molar-refractivity contribution is -0.0110. The number of benzene rings is 1. The Morgan fingerprint density at radius 2 is 2.09 bits per heavy atom. The molecule has 1 unspecified atom stereocenters. The van der Waals surface area contributed by atoms with Crippen molar-refractivity contribution in [3.63, 3.8) is 0 Å². The zero-order chi connectivity index (χ0) is 23.8. The molecule has 3 aromatic rings. The summed E-state index contributed by atoms with van der Waals surface area (Å²) >= 11 is 0. The van der Waals surface area contributed by atoms with Crippen molar-refractivity contribution in [2.45, 2.75) is 56.8 Å². The van der Waals surface area contributed by atoms with E-state index in [0.29, 0.717) is 24.4 Å². The SMILES string of the molecule is Nc1ncnc2c1c(-c1cccc(OCC3CCCCO3)c1)cn2C1CC(CN2CC[C@@H](O)C2)C1. The van der Waals surface area contributed by atoms with Gasteiger partial charge >= 0.3 is 0 Å². The largest absolute Gasteiger partial charge is 0.491 e. The van der Waals surface area contributed by atoms with Crippen LogP contribution >= 0.6 is 0 Å². The summed E-state index contributed by atoms with van der Waals surface area (Å²) in [5.41, 5.74) is 9.37. The summed E-state index contributed by atoms with van der Waals surface area (Å²) in [5.74, 6) is 2.00. The van der Waals surface area contributed by atoms with E-state index in [1.54, 1.807) is 6.33 Å². The molecule has 1 aromatic carbocycles. The third-order valence-electron chi connectivity index (χ3n) is 7.86. The van der Waals surface area contributed by atoms with E-state index < -0.39 is 0 Å². The molecule has 3 N–H and O–H groups in total. The molecule has 35 heavy (non-hydrogen) atoms. The maximum Gasteiger partial charge on any atom is 0.146 e. The number of aromatic nitrogens is 3. The van der Waals surface area contributed by atoms with Gasteiger partial charge in [-0.1, -0.05) is 12.1 Å². The highest BCUT2D eigenvalue weighted by Gasteiger charge is 2.35. The first-order chi connectivity index (χ1) is 17.1. The second-order valence-electron chi connectivity index (χ2n) is 10.4. The number of β-amino-alcohol motifs (C(OH)–C–C–N with tert-alkyl or cyclic N) is 1. The van der Waals surface area contributed by atoms with Gasteiger partial charge in [-0.2, -0.15) is 0 Å². The number of nitrogen functional groups attached to an aromatic ring is 1. The Morgan fingerprint density at radius 1 is 1.17 bits per heavy atom. The molecular weight excluding hydrogens is 442 g/mol. The molecule has 2 atom stereocenters. The summed E-state index contributed by atoms with van der Waals surface area (Å²) in [6.07, 6.45) is 10.3. The predicted octanol–water partition coefficient (Wildman–Crippen LogP) is 3.65. The van der Waals surface area contributed by atoms with Crippen LogP contribution < -0.4 is 10.5 Å². The fourth-order valence-electron chi connectivity index (χ4n) is 5.91. The molecule has 1 aliphatic carbocycles. The highest BCUT2D eigenvalue weighted by Crippen LogP contribution is 2.43. The fraction of sp³-hybridized carbons (Fsp3) is 0.556. The zero-order valence-corrected chi connectivity index (χ0v) is 20.2. The first kappa shape index (κ1) is 22.8. The summed E-state index contributed by atoms with van der Waals surface area (Å²) < 4.78 is 14.2. The first-order valence-corrected chi connectivity index (χ1v) is 13.0. The number of aliphatic hydroxyl groups is 1. The number of likely N-dealkylation sites (tertiary alicyclic amines) is 1. The Kier molecular flexibility index (Phi) is 6.35. The van der Waals surface area contributed by atoms with Crippen molar-refractivity contribution in [1.29, 1.82) is 0 Å². The van der Waals surface area contributed by atoms with Gasteiger partial charge in [-0.25, -0.2) is 9.97 Å². The van der Waals surface area contributed by atoms with Gasteiger partial charge in [-0.05, 0) is 62.1 Å². The van der Waals surface area contributed by atoms with Gasteiger partial charge in [-0.15, -0.1) is 0 Å². The number of nitrogens with two attached hydrogens (primary N) is 1. The van der Waals surface area contributed by atoms with Crippen molar-refractivity contribution < 1.29 is 14.6 Å². The summed E-state index contributed by atoms with van der Waals surface area (Å²) in [4.78, 5) is 11.3. The Bertz CT molecular complexity index is 1170. The topological polar surface area (TPSA) is 98.7 Å². The van der Waals surface area contributed by atoms with Crippen molar-refractivity contribution in [3.8, 4) is 16.9 Å². The maximum absolute atomic E-state index is 9.82. The molecule has 2 aliphatic heterocycles. The van der Waals surface area contributed by atoms with Crippen LogP contribution in [0.5, 0.6) is 5.75 Å². The Balaban J connectivity index is 1.21. The summed E-state index contributed by atoms with van der Waals surface area (Å²) in [6, 6.07) is 8.60. The van der Waals surface area contributed by atoms with Crippen molar-refractivity contribution in [1.82, 2.24) is 19.4 Å². The quantitative estimate of drug-likeness (QED) is 0.536. The van der Waals surface area contributed by atoms with Gasteiger partial charge in [0, 0.05) is 44.0 Å². The van der Waals surface area contributed by atoms with Gasteiger partial charge < -0.3 is 29.8 Å². The summed E-state index contributed by atoms with van der Waals surface area (Å²) in [7, 11) is 0. The van der Waals surface area contributed by atoms with Crippen LogP contribution in [0, 0.1) is 5.92 Å². The number of fused-ring (bicyclic) bond motifs is 1. The number of hydrogen-bond donors (Lipinski definition) is 2. The molecule has 3 aliphatic rings. The summed E-state index contributed by atoms with van der Waals surface area (Å²) in [6.45, 7) is 4.30. The molecule has 0 amide bonds. The van der Waals surface area contributed by atoms with Gasteiger partial charge in [0.2, 0.25) is 0 Å². The highest BCUT2D eigenvalue weighted by atomic mass is 16.5. The van der Waals surface area contributed by atoms with Crippen molar-refractivity contribution in [2.24, 2.45) is 5.92 Å². The van der Waals surface area contributed by atoms with E-state index in [9.17, 15) is 5.11 Å². The van der Waals surface area contributed by atoms with E-state index in [1.807, 2.05) is 12.1 Å². The molecule has 0 bridgehead atoms. The molecule has 3 fully saturated rings. The second kappa shape index (κ2) is 9.76. The van der Waals surface area contributed by atoms with E-state index in [1.165, 1.54) is 6.42 Å². The Hall–Kier alpha value is -2.68. The van der Waals surface area contributed by atoms with Crippen molar-refractivity contribution in [3.05, 3.63) is 36.8 Å². The molecule has 0 radical (unpaired) electrons. The number of anilines is 1. The van der Waals surface area contributed by atoms with Gasteiger partial charge in [-0.3, -0.25) is 0 Å². The lowest BCUT2D eigenvalue weighted by Gasteiger charge is -2.38. The minimum absolute atomic E-state index is 0.156. The van der Waals surface area contributed by atoms with Crippen LogP contribution in [0.3, 0.4) is 0 Å². The zero-order valence-electron chi connectivity index (χ0n) is 20.2. The molecule has 8 heteroatoms.